The third-order valence-corrected chi connectivity index (χ3v) is 2.43. The highest BCUT2D eigenvalue weighted by molar-refractivity contribution is 8.11. The first-order valence-corrected chi connectivity index (χ1v) is 6.67. The third kappa shape index (κ3) is 20.2. The lowest BCUT2D eigenvalue weighted by molar-refractivity contribution is 0.648. The van der Waals surface area contributed by atoms with Crippen LogP contribution in [0.4, 0.5) is 0 Å². The van der Waals surface area contributed by atoms with Crippen LogP contribution in [-0.4, -0.2) is 45.0 Å². The van der Waals surface area contributed by atoms with Crippen LogP contribution in [0.3, 0.4) is 0 Å². The molecule has 0 aliphatic rings. The molecule has 0 amide bonds. The summed E-state index contributed by atoms with van der Waals surface area (Å²) >= 11 is 25.5. The predicted octanol–water partition coefficient (Wildman–Crippen LogP) is 1.36. The van der Waals surface area contributed by atoms with Crippen LogP contribution in [0.25, 0.3) is 0 Å². The number of hydrogen-bond donors (Lipinski definition) is 5. The molecule has 0 spiro atoms. The van der Waals surface area contributed by atoms with E-state index in [4.69, 9.17) is 0 Å². The topological polar surface area (TPSA) is 27.3 Å². The van der Waals surface area contributed by atoms with E-state index in [1.165, 1.54) is 0 Å². The van der Waals surface area contributed by atoms with Gasteiger partial charge < -0.3 is 15.5 Å². The van der Waals surface area contributed by atoms with Gasteiger partial charge in [0.1, 0.15) is 13.0 Å². The van der Waals surface area contributed by atoms with E-state index in [0.29, 0.717) is 26.1 Å². The van der Waals surface area contributed by atoms with Crippen LogP contribution >= 0.6 is 74.5 Å². The maximum absolute atomic E-state index is 4.65. The molecule has 94 valence electrons. The second-order valence-corrected chi connectivity index (χ2v) is 6.07. The van der Waals surface area contributed by atoms with Crippen molar-refractivity contribution >= 4 is 87.5 Å². The molecule has 0 aromatic carbocycles. The van der Waals surface area contributed by atoms with Crippen molar-refractivity contribution in [1.82, 2.24) is 15.5 Å². The highest BCUT2D eigenvalue weighted by atomic mass is 32.1. The van der Waals surface area contributed by atoms with Gasteiger partial charge in [-0.25, -0.2) is 0 Å². The van der Waals surface area contributed by atoms with E-state index in [-0.39, 0.29) is 0 Å². The van der Waals surface area contributed by atoms with Gasteiger partial charge in [0.2, 0.25) is 0 Å². The summed E-state index contributed by atoms with van der Waals surface area (Å²) < 4.78 is 1.61. The average molecular weight is 334 g/mol. The molecule has 3 nitrogen and oxygen atoms in total. The maximum atomic E-state index is 4.65. The molecule has 9 heteroatoms. The van der Waals surface area contributed by atoms with Crippen LogP contribution in [0.1, 0.15) is 0 Å². The van der Waals surface area contributed by atoms with E-state index >= 15 is 0 Å². The lowest BCUT2D eigenvalue weighted by atomic mass is 10.6. The van der Waals surface area contributed by atoms with E-state index in [1.54, 1.807) is 4.90 Å². The van der Waals surface area contributed by atoms with Crippen LogP contribution in [0.2, 0.25) is 0 Å². The fourth-order valence-electron chi connectivity index (χ4n) is 0.339. The zero-order chi connectivity index (χ0) is 13.1. The van der Waals surface area contributed by atoms with E-state index in [0.717, 1.165) is 0 Å². The Morgan fingerprint density at radius 2 is 1.19 bits per heavy atom. The summed E-state index contributed by atoms with van der Waals surface area (Å²) in [7, 11) is 3.71. The van der Waals surface area contributed by atoms with Crippen LogP contribution in [-0.2, 0) is 0 Å². The summed E-state index contributed by atoms with van der Waals surface area (Å²) in [6, 6.07) is 0. The summed E-state index contributed by atoms with van der Waals surface area (Å²) in [6.45, 7) is 1.42. The van der Waals surface area contributed by atoms with Crippen molar-refractivity contribution in [3.8, 4) is 0 Å². The molecule has 0 unspecified atom stereocenters. The number of hydrogen-bond acceptors (Lipinski definition) is 3. The highest BCUT2D eigenvalue weighted by Gasteiger charge is 1.87. The predicted molar refractivity (Wildman–Crippen MR) is 94.4 cm³/mol. The van der Waals surface area contributed by atoms with E-state index in [1.807, 2.05) is 14.1 Å². The monoisotopic (exact) mass is 333 g/mol. The Bertz CT molecular complexity index is 226. The standard InChI is InChI=1S/C4H8N2S4.C3H7NS2/c7-3(8)5-1-2-6-4(9)10;1-4(2)3(5)6/h1-2H2,(H2,5,7,8)(H2,6,9,10);1-2H3,(H,5,6). The van der Waals surface area contributed by atoms with Gasteiger partial charge in [-0.2, -0.15) is 0 Å². The van der Waals surface area contributed by atoms with Crippen molar-refractivity contribution in [3.63, 3.8) is 0 Å². The third-order valence-electron chi connectivity index (χ3n) is 1.06. The summed E-state index contributed by atoms with van der Waals surface area (Å²) in [5.41, 5.74) is 0. The molecule has 0 saturated carbocycles. The SMILES string of the molecule is CN(C)C(=S)S.S=C(S)NCCNC(=S)S. The summed E-state index contributed by atoms with van der Waals surface area (Å²) in [5, 5.41) is 5.68. The van der Waals surface area contributed by atoms with Crippen molar-refractivity contribution in [2.75, 3.05) is 27.2 Å². The molecular formula is C7H15N3S6. The molecule has 0 aromatic heterocycles. The Morgan fingerprint density at radius 1 is 0.938 bits per heavy atom. The van der Waals surface area contributed by atoms with Crippen LogP contribution in [0.15, 0.2) is 0 Å². The molecule has 0 bridgehead atoms. The Balaban J connectivity index is 0. The van der Waals surface area contributed by atoms with Crippen LogP contribution in [0.5, 0.6) is 0 Å². The molecule has 0 saturated heterocycles. The minimum atomic E-state index is 0.492. The molecule has 0 rings (SSSR count). The molecule has 0 atom stereocenters. The van der Waals surface area contributed by atoms with Gasteiger partial charge in [-0.05, 0) is 0 Å². The molecule has 0 heterocycles. The molecule has 0 fully saturated rings. The maximum Gasteiger partial charge on any atom is 0.132 e. The van der Waals surface area contributed by atoms with Crippen LogP contribution < -0.4 is 10.6 Å². The molecular weight excluding hydrogens is 318 g/mol. The summed E-state index contributed by atoms with van der Waals surface area (Å²) in [6.07, 6.45) is 0. The first kappa shape index (κ1) is 19.1. The van der Waals surface area contributed by atoms with E-state index in [9.17, 15) is 0 Å². The zero-order valence-corrected chi connectivity index (χ0v) is 14.1. The van der Waals surface area contributed by atoms with Gasteiger partial charge in [0.15, 0.2) is 0 Å². The van der Waals surface area contributed by atoms with Crippen molar-refractivity contribution < 1.29 is 0 Å². The normalized spacial score (nSPS) is 8.31. The first-order chi connectivity index (χ1) is 7.27. The quantitative estimate of drug-likeness (QED) is 0.304. The molecule has 0 aliphatic carbocycles. The number of thiocarbonyl (C=S) groups is 3. The Labute approximate surface area is 129 Å². The lowest BCUT2D eigenvalue weighted by Crippen LogP contribution is -2.29. The fourth-order valence-corrected chi connectivity index (χ4v) is 0.767. The minimum absolute atomic E-state index is 0.492. The fraction of sp³-hybridized carbons (Fsp3) is 0.571. The molecule has 0 radical (unpaired) electrons. The summed E-state index contributed by atoms with van der Waals surface area (Å²) in [4.78, 5) is 1.76. The Hall–Kier alpha value is 0.720. The van der Waals surface area contributed by atoms with Crippen molar-refractivity contribution in [1.29, 1.82) is 0 Å². The van der Waals surface area contributed by atoms with Crippen molar-refractivity contribution in [3.05, 3.63) is 0 Å². The second kappa shape index (κ2) is 12.2. The molecule has 16 heavy (non-hydrogen) atoms. The zero-order valence-electron chi connectivity index (χ0n) is 8.93. The van der Waals surface area contributed by atoms with Gasteiger partial charge in [0.25, 0.3) is 0 Å². The molecule has 2 N–H and O–H groups in total. The second-order valence-electron chi connectivity index (χ2n) is 2.64. The van der Waals surface area contributed by atoms with Gasteiger partial charge in [-0.3, -0.25) is 0 Å². The first-order valence-electron chi connectivity index (χ1n) is 4.11. The van der Waals surface area contributed by atoms with Crippen LogP contribution in [0, 0.1) is 0 Å². The average Bonchev–Trinajstić information content (AvgIpc) is 2.12. The van der Waals surface area contributed by atoms with Gasteiger partial charge in [0, 0.05) is 27.2 Å². The molecule has 0 aromatic rings. The highest BCUT2D eigenvalue weighted by Crippen LogP contribution is 1.84. The van der Waals surface area contributed by atoms with E-state index < -0.39 is 0 Å². The Kier molecular flexibility index (Phi) is 14.5. The van der Waals surface area contributed by atoms with Gasteiger partial charge in [-0.15, -0.1) is 37.9 Å². The minimum Gasteiger partial charge on any atom is -0.369 e. The van der Waals surface area contributed by atoms with Crippen molar-refractivity contribution in [2.24, 2.45) is 0 Å². The lowest BCUT2D eigenvalue weighted by Gasteiger charge is -2.05. The van der Waals surface area contributed by atoms with E-state index in [2.05, 4.69) is 85.2 Å². The van der Waals surface area contributed by atoms with Gasteiger partial charge in [0.05, 0.1) is 0 Å². The summed E-state index contributed by atoms with van der Waals surface area (Å²) in [5.74, 6) is 0. The molecule has 0 aliphatic heterocycles. The largest absolute Gasteiger partial charge is 0.369 e. The Morgan fingerprint density at radius 3 is 1.31 bits per heavy atom. The number of nitrogens with one attached hydrogen (secondary N) is 2. The number of rotatable bonds is 3. The van der Waals surface area contributed by atoms with Gasteiger partial charge >= 0.3 is 0 Å². The van der Waals surface area contributed by atoms with Crippen molar-refractivity contribution in [2.45, 2.75) is 0 Å². The smallest absolute Gasteiger partial charge is 0.132 e. The number of thiol groups is 3. The number of nitrogens with zero attached hydrogens (tertiary/aromatic N) is 1. The van der Waals surface area contributed by atoms with Gasteiger partial charge in [-0.1, -0.05) is 36.7 Å².